The SMILES string of the molecule is Cc1nc(-c2ccc(Cl)cc2)sc1C(=O)Nc1cc(S(=O)(=O)N2CCCC2)ccc1O. The Labute approximate surface area is 189 Å². The number of hydrogen-bond acceptors (Lipinski definition) is 6. The van der Waals surface area contributed by atoms with E-state index in [-0.39, 0.29) is 16.3 Å². The number of aromatic hydroxyl groups is 1. The molecule has 7 nitrogen and oxygen atoms in total. The maximum atomic E-state index is 12.9. The van der Waals surface area contributed by atoms with Crippen LogP contribution >= 0.6 is 22.9 Å². The highest BCUT2D eigenvalue weighted by Crippen LogP contribution is 2.32. The van der Waals surface area contributed by atoms with Crippen LogP contribution in [0.25, 0.3) is 10.6 Å². The zero-order valence-corrected chi connectivity index (χ0v) is 19.0. The first kappa shape index (κ1) is 21.8. The van der Waals surface area contributed by atoms with Crippen molar-refractivity contribution in [3.8, 4) is 16.3 Å². The molecule has 2 heterocycles. The maximum Gasteiger partial charge on any atom is 0.267 e. The molecule has 1 saturated heterocycles. The van der Waals surface area contributed by atoms with Gasteiger partial charge in [0.15, 0.2) is 0 Å². The van der Waals surface area contributed by atoms with E-state index in [2.05, 4.69) is 10.3 Å². The van der Waals surface area contributed by atoms with E-state index < -0.39 is 15.9 Å². The van der Waals surface area contributed by atoms with Crippen molar-refractivity contribution in [1.82, 2.24) is 9.29 Å². The van der Waals surface area contributed by atoms with E-state index in [1.54, 1.807) is 19.1 Å². The zero-order chi connectivity index (χ0) is 22.2. The molecule has 1 amide bonds. The molecule has 162 valence electrons. The molecule has 3 aromatic rings. The van der Waals surface area contributed by atoms with E-state index >= 15 is 0 Å². The summed E-state index contributed by atoms with van der Waals surface area (Å²) in [7, 11) is -3.67. The molecule has 0 radical (unpaired) electrons. The van der Waals surface area contributed by atoms with Crippen LogP contribution in [0.15, 0.2) is 47.4 Å². The monoisotopic (exact) mass is 477 g/mol. The predicted molar refractivity (Wildman–Crippen MR) is 121 cm³/mol. The number of rotatable bonds is 5. The molecule has 0 atom stereocenters. The van der Waals surface area contributed by atoms with Gasteiger partial charge in [0, 0.05) is 23.7 Å². The van der Waals surface area contributed by atoms with E-state index in [4.69, 9.17) is 11.6 Å². The number of nitrogens with zero attached hydrogens (tertiary/aromatic N) is 2. The number of halogens is 1. The lowest BCUT2D eigenvalue weighted by atomic mass is 10.2. The van der Waals surface area contributed by atoms with Gasteiger partial charge in [-0.3, -0.25) is 4.79 Å². The number of carbonyl (C=O) groups is 1. The summed E-state index contributed by atoms with van der Waals surface area (Å²) in [4.78, 5) is 17.7. The first-order chi connectivity index (χ1) is 14.8. The number of anilines is 1. The third kappa shape index (κ3) is 4.45. The molecule has 2 N–H and O–H groups in total. The van der Waals surface area contributed by atoms with Crippen molar-refractivity contribution in [3.63, 3.8) is 0 Å². The predicted octanol–water partition coefficient (Wildman–Crippen LogP) is 4.51. The van der Waals surface area contributed by atoms with E-state index in [0.717, 1.165) is 18.4 Å². The number of aromatic nitrogens is 1. The van der Waals surface area contributed by atoms with Crippen LogP contribution in [0.2, 0.25) is 5.02 Å². The second-order valence-corrected chi connectivity index (χ2v) is 10.6. The lowest BCUT2D eigenvalue weighted by molar-refractivity contribution is 0.102. The molecule has 0 bridgehead atoms. The van der Waals surface area contributed by atoms with Gasteiger partial charge >= 0.3 is 0 Å². The van der Waals surface area contributed by atoms with Gasteiger partial charge in [0.2, 0.25) is 10.0 Å². The van der Waals surface area contributed by atoms with Gasteiger partial charge in [-0.25, -0.2) is 13.4 Å². The number of thiazole rings is 1. The van der Waals surface area contributed by atoms with Crippen LogP contribution in [0.4, 0.5) is 5.69 Å². The summed E-state index contributed by atoms with van der Waals surface area (Å²) in [5, 5.41) is 14.1. The molecular formula is C21H20ClN3O4S2. The van der Waals surface area contributed by atoms with Crippen molar-refractivity contribution in [3.05, 3.63) is 58.1 Å². The van der Waals surface area contributed by atoms with E-state index in [1.807, 2.05) is 12.1 Å². The lowest BCUT2D eigenvalue weighted by Crippen LogP contribution is -2.28. The van der Waals surface area contributed by atoms with Crippen LogP contribution in [0, 0.1) is 6.92 Å². The summed E-state index contributed by atoms with van der Waals surface area (Å²) in [6, 6.07) is 11.0. The van der Waals surface area contributed by atoms with Crippen LogP contribution in [-0.2, 0) is 10.0 Å². The Morgan fingerprint density at radius 2 is 1.84 bits per heavy atom. The molecule has 0 unspecified atom stereocenters. The zero-order valence-electron chi connectivity index (χ0n) is 16.6. The summed E-state index contributed by atoms with van der Waals surface area (Å²) in [6.07, 6.45) is 1.64. The molecule has 1 aromatic heterocycles. The Bertz CT molecular complexity index is 1230. The molecule has 0 spiro atoms. The molecule has 10 heteroatoms. The first-order valence-electron chi connectivity index (χ1n) is 9.63. The van der Waals surface area contributed by atoms with Crippen molar-refractivity contribution in [1.29, 1.82) is 0 Å². The van der Waals surface area contributed by atoms with Gasteiger partial charge in [-0.2, -0.15) is 4.31 Å². The van der Waals surface area contributed by atoms with Gasteiger partial charge < -0.3 is 10.4 Å². The van der Waals surface area contributed by atoms with Crippen LogP contribution in [0.3, 0.4) is 0 Å². The largest absolute Gasteiger partial charge is 0.506 e. The van der Waals surface area contributed by atoms with E-state index in [9.17, 15) is 18.3 Å². The summed E-state index contributed by atoms with van der Waals surface area (Å²) in [5.74, 6) is -0.685. The highest BCUT2D eigenvalue weighted by molar-refractivity contribution is 7.89. The molecule has 2 aromatic carbocycles. The minimum Gasteiger partial charge on any atom is -0.506 e. The fourth-order valence-corrected chi connectivity index (χ4v) is 5.99. The fraction of sp³-hybridized carbons (Fsp3) is 0.238. The Balaban J connectivity index is 1.60. The van der Waals surface area contributed by atoms with Crippen LogP contribution in [0.5, 0.6) is 5.75 Å². The molecule has 1 aliphatic heterocycles. The Morgan fingerprint density at radius 3 is 2.52 bits per heavy atom. The number of hydrogen-bond donors (Lipinski definition) is 2. The fourth-order valence-electron chi connectivity index (χ4n) is 3.36. The molecule has 1 fully saturated rings. The highest BCUT2D eigenvalue weighted by atomic mass is 35.5. The van der Waals surface area contributed by atoms with Gasteiger partial charge in [-0.1, -0.05) is 23.7 Å². The number of amides is 1. The van der Waals surface area contributed by atoms with Gasteiger partial charge in [0.05, 0.1) is 16.3 Å². The van der Waals surface area contributed by atoms with Gasteiger partial charge in [-0.05, 0) is 50.1 Å². The third-order valence-corrected chi connectivity index (χ3v) is 8.36. The normalized spacial score (nSPS) is 14.6. The number of aryl methyl sites for hydroxylation is 1. The highest BCUT2D eigenvalue weighted by Gasteiger charge is 2.28. The first-order valence-corrected chi connectivity index (χ1v) is 12.3. The second-order valence-electron chi connectivity index (χ2n) is 7.18. The average Bonchev–Trinajstić information content (AvgIpc) is 3.40. The maximum absolute atomic E-state index is 12.9. The number of benzene rings is 2. The van der Waals surface area contributed by atoms with Crippen LogP contribution in [0.1, 0.15) is 28.2 Å². The number of nitrogens with one attached hydrogen (secondary N) is 1. The van der Waals surface area contributed by atoms with Crippen molar-refractivity contribution in [2.45, 2.75) is 24.7 Å². The third-order valence-electron chi connectivity index (χ3n) is 5.01. The summed E-state index contributed by atoms with van der Waals surface area (Å²) in [6.45, 7) is 2.66. The number of phenolic OH excluding ortho intramolecular Hbond substituents is 1. The Hall–Kier alpha value is -2.46. The van der Waals surface area contributed by atoms with Gasteiger partial charge in [-0.15, -0.1) is 11.3 Å². The minimum atomic E-state index is -3.67. The topological polar surface area (TPSA) is 99.6 Å². The summed E-state index contributed by atoms with van der Waals surface area (Å²) < 4.78 is 27.0. The van der Waals surface area contributed by atoms with Crippen molar-refractivity contribution in [2.75, 3.05) is 18.4 Å². The molecule has 4 rings (SSSR count). The lowest BCUT2D eigenvalue weighted by Gasteiger charge is -2.16. The average molecular weight is 478 g/mol. The smallest absolute Gasteiger partial charge is 0.267 e. The van der Waals surface area contributed by atoms with Crippen molar-refractivity contribution >= 4 is 44.6 Å². The molecular weight excluding hydrogens is 458 g/mol. The molecule has 0 aliphatic carbocycles. The van der Waals surface area contributed by atoms with Crippen LogP contribution in [-0.4, -0.2) is 41.8 Å². The molecule has 31 heavy (non-hydrogen) atoms. The van der Waals surface area contributed by atoms with E-state index in [0.29, 0.717) is 33.7 Å². The Kier molecular flexibility index (Phi) is 6.02. The van der Waals surface area contributed by atoms with E-state index in [1.165, 1.54) is 33.8 Å². The molecule has 1 aliphatic rings. The standard InChI is InChI=1S/C21H20ClN3O4S2/c1-13-19(30-21(23-13)14-4-6-15(22)7-5-14)20(27)24-17-12-16(8-9-18(17)26)31(28,29)25-10-2-3-11-25/h4-9,12,26H,2-3,10-11H2,1H3,(H,24,27). The van der Waals surface area contributed by atoms with Crippen LogP contribution < -0.4 is 5.32 Å². The Morgan fingerprint density at radius 1 is 1.16 bits per heavy atom. The van der Waals surface area contributed by atoms with Crippen molar-refractivity contribution in [2.24, 2.45) is 0 Å². The summed E-state index contributed by atoms with van der Waals surface area (Å²) in [5.41, 5.74) is 1.40. The number of sulfonamides is 1. The molecule has 0 saturated carbocycles. The number of carbonyl (C=O) groups excluding carboxylic acids is 1. The van der Waals surface area contributed by atoms with Gasteiger partial charge in [0.25, 0.3) is 5.91 Å². The summed E-state index contributed by atoms with van der Waals surface area (Å²) >= 11 is 7.13. The van der Waals surface area contributed by atoms with Crippen molar-refractivity contribution < 1.29 is 18.3 Å². The van der Waals surface area contributed by atoms with Gasteiger partial charge in [0.1, 0.15) is 15.6 Å². The minimum absolute atomic E-state index is 0.0328. The second kappa shape index (κ2) is 8.58. The number of phenols is 1. The quantitative estimate of drug-likeness (QED) is 0.526.